The summed E-state index contributed by atoms with van der Waals surface area (Å²) in [5.74, 6) is 0.666. The lowest BCUT2D eigenvalue weighted by Gasteiger charge is -2.11. The Hall–Kier alpha value is -3.34. The first-order chi connectivity index (χ1) is 12.5. The number of aromatic nitrogens is 1. The smallest absolute Gasteiger partial charge is 0.252 e. The molecule has 3 rings (SSSR count). The zero-order chi connectivity index (χ0) is 18.7. The van der Waals surface area contributed by atoms with Crippen LogP contribution < -0.4 is 15.8 Å². The topological polar surface area (TPSA) is 77.2 Å². The minimum atomic E-state index is -0.522. The number of nitrogens with one attached hydrogen (secondary N) is 1. The zero-order valence-corrected chi connectivity index (χ0v) is 15.0. The number of anilines is 2. The van der Waals surface area contributed by atoms with Crippen LogP contribution >= 0.6 is 0 Å². The molecule has 1 amide bonds. The molecule has 0 fully saturated rings. The highest BCUT2D eigenvalue weighted by Crippen LogP contribution is 2.28. The van der Waals surface area contributed by atoms with Crippen molar-refractivity contribution in [1.82, 2.24) is 4.98 Å². The first-order valence-electron chi connectivity index (χ1n) is 8.26. The highest BCUT2D eigenvalue weighted by molar-refractivity contribution is 5.97. The van der Waals surface area contributed by atoms with Crippen molar-refractivity contribution in [2.24, 2.45) is 5.73 Å². The number of rotatable bonds is 5. The van der Waals surface area contributed by atoms with Crippen molar-refractivity contribution >= 4 is 17.4 Å². The van der Waals surface area contributed by atoms with Crippen molar-refractivity contribution in [3.8, 4) is 16.9 Å². The molecular weight excluding hydrogens is 326 g/mol. The monoisotopic (exact) mass is 347 g/mol. The molecule has 5 heteroatoms. The maximum absolute atomic E-state index is 11.7. The maximum Gasteiger partial charge on any atom is 0.252 e. The molecule has 0 aliphatic heterocycles. The summed E-state index contributed by atoms with van der Waals surface area (Å²) in [7, 11) is 1.51. The van der Waals surface area contributed by atoms with Gasteiger partial charge in [-0.15, -0.1) is 0 Å². The molecule has 1 aromatic heterocycles. The van der Waals surface area contributed by atoms with E-state index in [1.54, 1.807) is 18.3 Å². The van der Waals surface area contributed by atoms with E-state index >= 15 is 0 Å². The van der Waals surface area contributed by atoms with Gasteiger partial charge in [-0.2, -0.15) is 0 Å². The summed E-state index contributed by atoms with van der Waals surface area (Å²) in [5, 5.41) is 3.33. The molecule has 0 saturated heterocycles. The Morgan fingerprint density at radius 1 is 1.00 bits per heavy atom. The van der Waals surface area contributed by atoms with Gasteiger partial charge in [0.1, 0.15) is 11.6 Å². The quantitative estimate of drug-likeness (QED) is 0.724. The molecule has 5 nitrogen and oxygen atoms in total. The number of hydrogen-bond donors (Lipinski definition) is 2. The van der Waals surface area contributed by atoms with Crippen LogP contribution in [0, 0.1) is 13.8 Å². The molecule has 3 N–H and O–H groups in total. The van der Waals surface area contributed by atoms with Crippen LogP contribution in [0.3, 0.4) is 0 Å². The van der Waals surface area contributed by atoms with Crippen LogP contribution in [0.1, 0.15) is 21.5 Å². The van der Waals surface area contributed by atoms with Crippen molar-refractivity contribution in [1.29, 1.82) is 0 Å². The van der Waals surface area contributed by atoms with Crippen molar-refractivity contribution in [2.45, 2.75) is 13.8 Å². The molecule has 26 heavy (non-hydrogen) atoms. The molecule has 0 saturated carbocycles. The molecular formula is C21H21N3O2. The fraction of sp³-hybridized carbons (Fsp3) is 0.143. The van der Waals surface area contributed by atoms with Gasteiger partial charge in [-0.05, 0) is 72.5 Å². The number of pyridine rings is 1. The highest BCUT2D eigenvalue weighted by Gasteiger charge is 2.11. The predicted molar refractivity (Wildman–Crippen MR) is 104 cm³/mol. The van der Waals surface area contributed by atoms with E-state index in [2.05, 4.69) is 42.3 Å². The van der Waals surface area contributed by atoms with Crippen molar-refractivity contribution in [3.05, 3.63) is 71.4 Å². The van der Waals surface area contributed by atoms with Gasteiger partial charge in [-0.1, -0.05) is 12.1 Å². The van der Waals surface area contributed by atoms with E-state index in [0.29, 0.717) is 11.3 Å². The number of aryl methyl sites for hydroxylation is 2. The standard InChI is InChI=1S/C21H21N3O2/c1-13-8-14(2)10-17(9-13)24-20-12-16(6-7-23-20)15-4-5-19(26-3)18(11-15)21(22)25/h4-12H,1-3H3,(H2,22,25)(H,23,24). The van der Waals surface area contributed by atoms with E-state index in [0.717, 1.165) is 22.6 Å². The fourth-order valence-corrected chi connectivity index (χ4v) is 2.95. The summed E-state index contributed by atoms with van der Waals surface area (Å²) >= 11 is 0. The third-order valence-corrected chi connectivity index (χ3v) is 4.05. The Morgan fingerprint density at radius 2 is 1.69 bits per heavy atom. The molecule has 0 aliphatic rings. The lowest BCUT2D eigenvalue weighted by molar-refractivity contribution is 0.0997. The number of amides is 1. The highest BCUT2D eigenvalue weighted by atomic mass is 16.5. The van der Waals surface area contributed by atoms with Crippen LogP contribution in [0.25, 0.3) is 11.1 Å². The zero-order valence-electron chi connectivity index (χ0n) is 15.0. The summed E-state index contributed by atoms with van der Waals surface area (Å²) in [6.45, 7) is 4.12. The molecule has 0 atom stereocenters. The number of nitrogens with two attached hydrogens (primary N) is 1. The lowest BCUT2D eigenvalue weighted by Crippen LogP contribution is -2.12. The van der Waals surface area contributed by atoms with Gasteiger partial charge in [-0.3, -0.25) is 4.79 Å². The third-order valence-electron chi connectivity index (χ3n) is 4.05. The average Bonchev–Trinajstić information content (AvgIpc) is 2.60. The number of ether oxygens (including phenoxy) is 1. The Balaban J connectivity index is 1.94. The second-order valence-corrected chi connectivity index (χ2v) is 6.21. The molecule has 0 radical (unpaired) electrons. The van der Waals surface area contributed by atoms with E-state index in [1.165, 1.54) is 18.2 Å². The summed E-state index contributed by atoms with van der Waals surface area (Å²) in [4.78, 5) is 16.0. The van der Waals surface area contributed by atoms with Gasteiger partial charge in [0, 0.05) is 11.9 Å². The Kier molecular flexibility index (Phi) is 4.89. The van der Waals surface area contributed by atoms with Crippen LogP contribution in [-0.4, -0.2) is 18.0 Å². The molecule has 0 unspecified atom stereocenters. The predicted octanol–water partition coefficient (Wildman–Crippen LogP) is 4.22. The van der Waals surface area contributed by atoms with Gasteiger partial charge in [0.05, 0.1) is 12.7 Å². The van der Waals surface area contributed by atoms with Gasteiger partial charge < -0.3 is 15.8 Å². The number of primary amides is 1. The number of methoxy groups -OCH3 is 1. The first-order valence-corrected chi connectivity index (χ1v) is 8.26. The average molecular weight is 347 g/mol. The summed E-state index contributed by atoms with van der Waals surface area (Å²) in [6, 6.07) is 15.5. The van der Waals surface area contributed by atoms with Crippen molar-refractivity contribution in [3.63, 3.8) is 0 Å². The van der Waals surface area contributed by atoms with E-state index < -0.39 is 5.91 Å². The number of benzene rings is 2. The van der Waals surface area contributed by atoms with Gasteiger partial charge in [0.25, 0.3) is 5.91 Å². The molecule has 3 aromatic rings. The fourth-order valence-electron chi connectivity index (χ4n) is 2.95. The maximum atomic E-state index is 11.7. The Bertz CT molecular complexity index is 947. The molecule has 0 aliphatic carbocycles. The summed E-state index contributed by atoms with van der Waals surface area (Å²) in [5.41, 5.74) is 11.0. The number of hydrogen-bond acceptors (Lipinski definition) is 4. The molecule has 1 heterocycles. The molecule has 0 spiro atoms. The SMILES string of the molecule is COc1ccc(-c2ccnc(Nc3cc(C)cc(C)c3)c2)cc1C(N)=O. The van der Waals surface area contributed by atoms with E-state index in [1.807, 2.05) is 18.2 Å². The van der Waals surface area contributed by atoms with Crippen LogP contribution in [0.4, 0.5) is 11.5 Å². The van der Waals surface area contributed by atoms with Crippen molar-refractivity contribution < 1.29 is 9.53 Å². The third kappa shape index (κ3) is 3.83. The molecule has 132 valence electrons. The van der Waals surface area contributed by atoms with Crippen LogP contribution in [0.15, 0.2) is 54.7 Å². The van der Waals surface area contributed by atoms with Gasteiger partial charge in [0.15, 0.2) is 0 Å². The largest absolute Gasteiger partial charge is 0.496 e. The second kappa shape index (κ2) is 7.27. The van der Waals surface area contributed by atoms with E-state index in [-0.39, 0.29) is 0 Å². The number of nitrogens with zero attached hydrogens (tertiary/aromatic N) is 1. The summed E-state index contributed by atoms with van der Waals surface area (Å²) in [6.07, 6.45) is 1.73. The van der Waals surface area contributed by atoms with E-state index in [4.69, 9.17) is 10.5 Å². The number of carbonyl (C=O) groups is 1. The van der Waals surface area contributed by atoms with Gasteiger partial charge in [-0.25, -0.2) is 4.98 Å². The number of carbonyl (C=O) groups excluding carboxylic acids is 1. The van der Waals surface area contributed by atoms with Crippen LogP contribution in [-0.2, 0) is 0 Å². The van der Waals surface area contributed by atoms with Crippen molar-refractivity contribution in [2.75, 3.05) is 12.4 Å². The lowest BCUT2D eigenvalue weighted by atomic mass is 10.0. The normalized spacial score (nSPS) is 10.4. The summed E-state index contributed by atoms with van der Waals surface area (Å²) < 4.78 is 5.20. The molecule has 2 aromatic carbocycles. The second-order valence-electron chi connectivity index (χ2n) is 6.21. The Labute approximate surface area is 152 Å². The van der Waals surface area contributed by atoms with Crippen LogP contribution in [0.2, 0.25) is 0 Å². The van der Waals surface area contributed by atoms with E-state index in [9.17, 15) is 4.79 Å². The first kappa shape index (κ1) is 17.5. The van der Waals surface area contributed by atoms with Gasteiger partial charge >= 0.3 is 0 Å². The minimum absolute atomic E-state index is 0.352. The Morgan fingerprint density at radius 3 is 2.35 bits per heavy atom. The minimum Gasteiger partial charge on any atom is -0.496 e. The van der Waals surface area contributed by atoms with Gasteiger partial charge in [0.2, 0.25) is 0 Å². The molecule has 0 bridgehead atoms. The van der Waals surface area contributed by atoms with Crippen LogP contribution in [0.5, 0.6) is 5.75 Å².